The van der Waals surface area contributed by atoms with Crippen LogP contribution in [0.4, 0.5) is 0 Å². The zero-order valence-corrected chi connectivity index (χ0v) is 9.33. The van der Waals surface area contributed by atoms with Crippen molar-refractivity contribution >= 4 is 5.65 Å². The van der Waals surface area contributed by atoms with Crippen molar-refractivity contribution in [1.29, 1.82) is 0 Å². The van der Waals surface area contributed by atoms with E-state index in [0.717, 1.165) is 18.0 Å². The fourth-order valence-electron chi connectivity index (χ4n) is 2.48. The first-order valence-corrected chi connectivity index (χ1v) is 5.70. The molecule has 1 unspecified atom stereocenters. The summed E-state index contributed by atoms with van der Waals surface area (Å²) in [4.78, 5) is 4.69. The maximum Gasteiger partial charge on any atom is 0.137 e. The second kappa shape index (κ2) is 3.09. The van der Waals surface area contributed by atoms with Gasteiger partial charge in [0.05, 0.1) is 5.69 Å². The molecule has 2 aromatic rings. The number of imidazole rings is 1. The number of pyridine rings is 1. The van der Waals surface area contributed by atoms with E-state index in [1.165, 1.54) is 29.8 Å². The molecule has 0 radical (unpaired) electrons. The van der Waals surface area contributed by atoms with Crippen molar-refractivity contribution in [3.63, 3.8) is 0 Å². The Morgan fingerprint density at radius 2 is 2.27 bits per heavy atom. The molecule has 1 atom stereocenters. The van der Waals surface area contributed by atoms with Crippen molar-refractivity contribution in [3.05, 3.63) is 35.3 Å². The number of hydrogen-bond donors (Lipinski definition) is 0. The summed E-state index contributed by atoms with van der Waals surface area (Å²) >= 11 is 0. The summed E-state index contributed by atoms with van der Waals surface area (Å²) in [5, 5.41) is 0. The van der Waals surface area contributed by atoms with Gasteiger partial charge in [-0.15, -0.1) is 0 Å². The van der Waals surface area contributed by atoms with Crippen LogP contribution in [0, 0.1) is 12.8 Å². The van der Waals surface area contributed by atoms with Crippen molar-refractivity contribution in [2.45, 2.75) is 33.1 Å². The predicted molar refractivity (Wildman–Crippen MR) is 61.1 cm³/mol. The molecule has 2 nitrogen and oxygen atoms in total. The molecule has 78 valence electrons. The summed E-state index contributed by atoms with van der Waals surface area (Å²) in [6, 6.07) is 4.26. The van der Waals surface area contributed by atoms with Gasteiger partial charge in [0, 0.05) is 11.9 Å². The average molecular weight is 200 g/mol. The summed E-state index contributed by atoms with van der Waals surface area (Å²) in [5.41, 5.74) is 5.17. The second-order valence-corrected chi connectivity index (χ2v) is 4.79. The molecular formula is C13H16N2. The van der Waals surface area contributed by atoms with Crippen molar-refractivity contribution in [1.82, 2.24) is 9.38 Å². The van der Waals surface area contributed by atoms with Crippen LogP contribution in [0.1, 0.15) is 30.3 Å². The molecule has 0 saturated heterocycles. The summed E-state index contributed by atoms with van der Waals surface area (Å²) < 4.78 is 2.28. The highest BCUT2D eigenvalue weighted by Crippen LogP contribution is 2.26. The van der Waals surface area contributed by atoms with E-state index in [-0.39, 0.29) is 0 Å². The molecule has 1 aliphatic carbocycles. The highest BCUT2D eigenvalue weighted by atomic mass is 15.0. The topological polar surface area (TPSA) is 17.3 Å². The third kappa shape index (κ3) is 1.36. The monoisotopic (exact) mass is 200 g/mol. The third-order valence-electron chi connectivity index (χ3n) is 3.36. The van der Waals surface area contributed by atoms with Gasteiger partial charge in [-0.3, -0.25) is 0 Å². The fraction of sp³-hybridized carbons (Fsp3) is 0.462. The van der Waals surface area contributed by atoms with E-state index in [1.54, 1.807) is 0 Å². The van der Waals surface area contributed by atoms with Crippen LogP contribution in [0.25, 0.3) is 5.65 Å². The molecule has 1 aliphatic rings. The van der Waals surface area contributed by atoms with Gasteiger partial charge in [-0.2, -0.15) is 0 Å². The lowest BCUT2D eigenvalue weighted by Crippen LogP contribution is -2.12. The minimum atomic E-state index is 0.804. The zero-order chi connectivity index (χ0) is 10.4. The van der Waals surface area contributed by atoms with Crippen molar-refractivity contribution in [3.8, 4) is 0 Å². The molecule has 0 N–H and O–H groups in total. The van der Waals surface area contributed by atoms with Gasteiger partial charge in [0.2, 0.25) is 0 Å². The number of nitrogens with zero attached hydrogens (tertiary/aromatic N) is 2. The smallest absolute Gasteiger partial charge is 0.137 e. The van der Waals surface area contributed by atoms with Gasteiger partial charge in [-0.05, 0) is 43.7 Å². The molecule has 0 saturated carbocycles. The van der Waals surface area contributed by atoms with Crippen molar-refractivity contribution in [2.24, 2.45) is 5.92 Å². The molecule has 3 rings (SSSR count). The largest absolute Gasteiger partial charge is 0.304 e. The van der Waals surface area contributed by atoms with Gasteiger partial charge < -0.3 is 4.40 Å². The predicted octanol–water partition coefficient (Wildman–Crippen LogP) is 2.77. The van der Waals surface area contributed by atoms with Crippen LogP contribution in [0.15, 0.2) is 18.3 Å². The Balaban J connectivity index is 2.25. The number of aryl methyl sites for hydroxylation is 2. The highest BCUT2D eigenvalue weighted by Gasteiger charge is 2.20. The van der Waals surface area contributed by atoms with Gasteiger partial charge in [-0.1, -0.05) is 13.0 Å². The Labute approximate surface area is 90.0 Å². The van der Waals surface area contributed by atoms with E-state index in [4.69, 9.17) is 4.98 Å². The number of rotatable bonds is 0. The molecule has 0 spiro atoms. The van der Waals surface area contributed by atoms with E-state index in [2.05, 4.69) is 36.6 Å². The van der Waals surface area contributed by atoms with Gasteiger partial charge in [0.1, 0.15) is 5.65 Å². The van der Waals surface area contributed by atoms with Crippen LogP contribution in [0.3, 0.4) is 0 Å². The lowest BCUT2D eigenvalue weighted by atomic mass is 9.91. The summed E-state index contributed by atoms with van der Waals surface area (Å²) in [5.74, 6) is 0.804. The summed E-state index contributed by atoms with van der Waals surface area (Å²) in [6.07, 6.45) is 5.83. The standard InChI is InChI=1S/C13H16N2/c1-9-3-5-11-12(7-9)15-8-10(2)4-6-13(15)14-11/h4,6,8-9H,3,5,7H2,1-2H3. The quantitative estimate of drug-likeness (QED) is 0.639. The molecular weight excluding hydrogens is 184 g/mol. The molecule has 0 amide bonds. The van der Waals surface area contributed by atoms with Crippen LogP contribution in [-0.2, 0) is 12.8 Å². The lowest BCUT2D eigenvalue weighted by molar-refractivity contribution is 0.488. The Hall–Kier alpha value is -1.31. The lowest BCUT2D eigenvalue weighted by Gasteiger charge is -2.17. The first kappa shape index (κ1) is 8.96. The van der Waals surface area contributed by atoms with Crippen LogP contribution in [0.5, 0.6) is 0 Å². The zero-order valence-electron chi connectivity index (χ0n) is 9.33. The molecule has 0 aromatic carbocycles. The maximum absolute atomic E-state index is 4.69. The van der Waals surface area contributed by atoms with Gasteiger partial charge >= 0.3 is 0 Å². The van der Waals surface area contributed by atoms with Gasteiger partial charge in [0.15, 0.2) is 0 Å². The van der Waals surface area contributed by atoms with Crippen LogP contribution in [0.2, 0.25) is 0 Å². The van der Waals surface area contributed by atoms with Gasteiger partial charge in [0.25, 0.3) is 0 Å². The van der Waals surface area contributed by atoms with Crippen molar-refractivity contribution < 1.29 is 0 Å². The van der Waals surface area contributed by atoms with Crippen LogP contribution >= 0.6 is 0 Å². The molecule has 2 heterocycles. The fourth-order valence-corrected chi connectivity index (χ4v) is 2.48. The number of aromatic nitrogens is 2. The molecule has 2 aromatic heterocycles. The van der Waals surface area contributed by atoms with Crippen LogP contribution < -0.4 is 0 Å². The normalized spacial score (nSPS) is 20.5. The second-order valence-electron chi connectivity index (χ2n) is 4.79. The van der Waals surface area contributed by atoms with E-state index < -0.39 is 0 Å². The Morgan fingerprint density at radius 3 is 3.13 bits per heavy atom. The minimum absolute atomic E-state index is 0.804. The summed E-state index contributed by atoms with van der Waals surface area (Å²) in [6.45, 7) is 4.47. The first-order chi connectivity index (χ1) is 7.24. The molecule has 15 heavy (non-hydrogen) atoms. The Morgan fingerprint density at radius 1 is 1.40 bits per heavy atom. The van der Waals surface area contributed by atoms with E-state index in [0.29, 0.717) is 0 Å². The van der Waals surface area contributed by atoms with E-state index >= 15 is 0 Å². The van der Waals surface area contributed by atoms with Gasteiger partial charge in [-0.25, -0.2) is 4.98 Å². The first-order valence-electron chi connectivity index (χ1n) is 5.70. The van der Waals surface area contributed by atoms with Crippen LogP contribution in [-0.4, -0.2) is 9.38 Å². The summed E-state index contributed by atoms with van der Waals surface area (Å²) in [7, 11) is 0. The minimum Gasteiger partial charge on any atom is -0.304 e. The molecule has 2 heteroatoms. The number of fused-ring (bicyclic) bond motifs is 3. The third-order valence-corrected chi connectivity index (χ3v) is 3.36. The molecule has 0 bridgehead atoms. The highest BCUT2D eigenvalue weighted by molar-refractivity contribution is 5.45. The average Bonchev–Trinajstić information content (AvgIpc) is 2.56. The number of hydrogen-bond acceptors (Lipinski definition) is 1. The van der Waals surface area contributed by atoms with E-state index in [1.807, 2.05) is 0 Å². The Bertz CT molecular complexity index is 510. The van der Waals surface area contributed by atoms with E-state index in [9.17, 15) is 0 Å². The van der Waals surface area contributed by atoms with Crippen molar-refractivity contribution in [2.75, 3.05) is 0 Å². The maximum atomic E-state index is 4.69. The Kier molecular flexibility index (Phi) is 1.84. The molecule has 0 fully saturated rings. The molecule has 0 aliphatic heterocycles. The SMILES string of the molecule is Cc1ccc2nc3c(n2c1)CC(C)CC3.